The van der Waals surface area contributed by atoms with Gasteiger partial charge in [-0.1, -0.05) is 44.1 Å². The first-order chi connectivity index (χ1) is 12.9. The highest BCUT2D eigenvalue weighted by molar-refractivity contribution is 9.12. The molecule has 0 radical (unpaired) electrons. The number of halogens is 2. The van der Waals surface area contributed by atoms with Gasteiger partial charge < -0.3 is 15.3 Å². The molecule has 1 aliphatic rings. The summed E-state index contributed by atoms with van der Waals surface area (Å²) in [6.07, 6.45) is 12.4. The van der Waals surface area contributed by atoms with Crippen molar-refractivity contribution >= 4 is 43.2 Å². The van der Waals surface area contributed by atoms with Crippen LogP contribution < -0.4 is 0 Å². The second-order valence-corrected chi connectivity index (χ2v) is 11.1. The van der Waals surface area contributed by atoms with Gasteiger partial charge in [0.25, 0.3) is 0 Å². The predicted molar refractivity (Wildman–Crippen MR) is 120 cm³/mol. The third-order valence-electron chi connectivity index (χ3n) is 5.21. The smallest absolute Gasteiger partial charge is 0.0742 e. The highest BCUT2D eigenvalue weighted by Crippen LogP contribution is 2.36. The van der Waals surface area contributed by atoms with E-state index >= 15 is 0 Å². The van der Waals surface area contributed by atoms with Crippen molar-refractivity contribution in [3.63, 3.8) is 0 Å². The summed E-state index contributed by atoms with van der Waals surface area (Å²) in [5.74, 6) is -0.0872. The number of rotatable bonds is 10. The molecule has 3 nitrogen and oxygen atoms in total. The fourth-order valence-corrected chi connectivity index (χ4v) is 6.51. The maximum atomic E-state index is 10.3. The number of aliphatic hydroxyl groups excluding tert-OH is 3. The van der Waals surface area contributed by atoms with E-state index in [9.17, 15) is 15.3 Å². The van der Waals surface area contributed by atoms with Crippen LogP contribution in [0.1, 0.15) is 51.0 Å². The Morgan fingerprint density at radius 2 is 2.04 bits per heavy atom. The number of hydrogen-bond donors (Lipinski definition) is 3. The van der Waals surface area contributed by atoms with Crippen molar-refractivity contribution in [3.8, 4) is 0 Å². The second-order valence-electron chi connectivity index (χ2n) is 7.30. The third-order valence-corrected chi connectivity index (χ3v) is 7.67. The van der Waals surface area contributed by atoms with Gasteiger partial charge in [0, 0.05) is 12.3 Å². The minimum atomic E-state index is -0.554. The Morgan fingerprint density at radius 3 is 2.70 bits per heavy atom. The molecule has 0 saturated heterocycles. The van der Waals surface area contributed by atoms with E-state index in [1.807, 2.05) is 6.08 Å². The molecular weight excluding hydrogens is 492 g/mol. The first-order valence-corrected chi connectivity index (χ1v) is 12.1. The van der Waals surface area contributed by atoms with Crippen LogP contribution in [0.15, 0.2) is 37.9 Å². The number of unbranched alkanes of at least 4 members (excludes halogenated alkanes) is 2. The molecule has 0 aromatic carbocycles. The molecule has 1 heterocycles. The van der Waals surface area contributed by atoms with Crippen molar-refractivity contribution in [2.75, 3.05) is 0 Å². The SMILES string of the molecule is CCCC/C=C/CC1C(O)CC(O)C1/C=C/C(O)CCc1cc(Br)sc1Br. The van der Waals surface area contributed by atoms with Gasteiger partial charge in [-0.25, -0.2) is 0 Å². The molecule has 0 spiro atoms. The van der Waals surface area contributed by atoms with Gasteiger partial charge in [0.15, 0.2) is 0 Å². The molecule has 6 heteroatoms. The van der Waals surface area contributed by atoms with Crippen molar-refractivity contribution in [3.05, 3.63) is 43.5 Å². The molecule has 5 atom stereocenters. The molecule has 1 aliphatic carbocycles. The minimum Gasteiger partial charge on any atom is -0.393 e. The lowest BCUT2D eigenvalue weighted by Gasteiger charge is -2.19. The molecule has 27 heavy (non-hydrogen) atoms. The number of aliphatic hydroxyl groups is 3. The van der Waals surface area contributed by atoms with E-state index in [0.29, 0.717) is 12.8 Å². The molecular formula is C21H30Br2O3S. The van der Waals surface area contributed by atoms with Crippen LogP contribution in [0.2, 0.25) is 0 Å². The molecule has 5 unspecified atom stereocenters. The standard InChI is InChI=1S/C21H30Br2O3S/c1-2-3-4-5-6-7-16-17(19(26)13-18(16)25)11-10-15(24)9-8-14-12-20(22)27-21(14)23/h5-6,10-12,15-19,24-26H,2-4,7-9,13H2,1H3/b6-5+,11-10+. The lowest BCUT2D eigenvalue weighted by molar-refractivity contribution is 0.120. The van der Waals surface area contributed by atoms with Gasteiger partial charge in [0.1, 0.15) is 0 Å². The van der Waals surface area contributed by atoms with Crippen LogP contribution in [0.5, 0.6) is 0 Å². The fraction of sp³-hybridized carbons (Fsp3) is 0.619. The fourth-order valence-electron chi connectivity index (χ4n) is 3.60. The summed E-state index contributed by atoms with van der Waals surface area (Å²) in [5, 5.41) is 30.9. The zero-order chi connectivity index (χ0) is 19.8. The molecule has 152 valence electrons. The van der Waals surface area contributed by atoms with Gasteiger partial charge in [0.2, 0.25) is 0 Å². The highest BCUT2D eigenvalue weighted by Gasteiger charge is 2.39. The molecule has 1 fully saturated rings. The number of allylic oxidation sites excluding steroid dienone is 2. The summed E-state index contributed by atoms with van der Waals surface area (Å²) in [7, 11) is 0. The molecule has 0 aliphatic heterocycles. The van der Waals surface area contributed by atoms with Gasteiger partial charge in [0.05, 0.1) is 25.9 Å². The topological polar surface area (TPSA) is 60.7 Å². The van der Waals surface area contributed by atoms with Crippen LogP contribution >= 0.6 is 43.2 Å². The van der Waals surface area contributed by atoms with Crippen LogP contribution in [0.4, 0.5) is 0 Å². The summed E-state index contributed by atoms with van der Waals surface area (Å²) < 4.78 is 2.17. The van der Waals surface area contributed by atoms with E-state index in [2.05, 4.69) is 57.0 Å². The lowest BCUT2D eigenvalue weighted by Crippen LogP contribution is -2.20. The molecule has 0 amide bonds. The first kappa shape index (κ1) is 23.3. The first-order valence-electron chi connectivity index (χ1n) is 9.73. The van der Waals surface area contributed by atoms with Crippen molar-refractivity contribution in [2.45, 2.75) is 70.2 Å². The maximum absolute atomic E-state index is 10.3. The molecule has 1 saturated carbocycles. The quantitative estimate of drug-likeness (QED) is 0.276. The Balaban J connectivity index is 1.87. The number of thiophene rings is 1. The van der Waals surface area contributed by atoms with E-state index in [1.165, 1.54) is 18.4 Å². The summed E-state index contributed by atoms with van der Waals surface area (Å²) in [4.78, 5) is 0. The van der Waals surface area contributed by atoms with Crippen LogP contribution in [0.3, 0.4) is 0 Å². The summed E-state index contributed by atoms with van der Waals surface area (Å²) >= 11 is 8.65. The van der Waals surface area contributed by atoms with E-state index in [-0.39, 0.29) is 11.8 Å². The average Bonchev–Trinajstić information content (AvgIpc) is 3.08. The molecule has 1 aromatic rings. The third kappa shape index (κ3) is 7.41. The van der Waals surface area contributed by atoms with Crippen molar-refractivity contribution < 1.29 is 15.3 Å². The Bertz CT molecular complexity index is 629. The van der Waals surface area contributed by atoms with E-state index in [1.54, 1.807) is 17.4 Å². The minimum absolute atomic E-state index is 0.0169. The van der Waals surface area contributed by atoms with Crippen LogP contribution in [0, 0.1) is 11.8 Å². The second kappa shape index (κ2) is 11.9. The summed E-state index contributed by atoms with van der Waals surface area (Å²) in [6.45, 7) is 2.17. The van der Waals surface area contributed by atoms with Gasteiger partial charge in [-0.15, -0.1) is 11.3 Å². The Morgan fingerprint density at radius 1 is 1.26 bits per heavy atom. The molecule has 1 aromatic heterocycles. The molecule has 2 rings (SSSR count). The Hall–Kier alpha value is 0.0200. The van der Waals surface area contributed by atoms with Crippen molar-refractivity contribution in [1.82, 2.24) is 0 Å². The summed E-state index contributed by atoms with van der Waals surface area (Å²) in [5.41, 5.74) is 1.19. The highest BCUT2D eigenvalue weighted by atomic mass is 79.9. The van der Waals surface area contributed by atoms with Gasteiger partial charge in [-0.05, 0) is 75.1 Å². The lowest BCUT2D eigenvalue weighted by atomic mass is 9.89. The zero-order valence-electron chi connectivity index (χ0n) is 15.7. The van der Waals surface area contributed by atoms with Crippen molar-refractivity contribution in [2.24, 2.45) is 11.8 Å². The van der Waals surface area contributed by atoms with Crippen LogP contribution in [0.25, 0.3) is 0 Å². The zero-order valence-corrected chi connectivity index (χ0v) is 19.7. The normalized spacial score (nSPS) is 27.2. The maximum Gasteiger partial charge on any atom is 0.0742 e. The van der Waals surface area contributed by atoms with Gasteiger partial charge >= 0.3 is 0 Å². The monoisotopic (exact) mass is 520 g/mol. The molecule has 0 bridgehead atoms. The number of aryl methyl sites for hydroxylation is 1. The van der Waals surface area contributed by atoms with Crippen molar-refractivity contribution in [1.29, 1.82) is 0 Å². The summed E-state index contributed by atoms with van der Waals surface area (Å²) in [6, 6.07) is 2.07. The van der Waals surface area contributed by atoms with Gasteiger partial charge in [-0.3, -0.25) is 0 Å². The number of hydrogen-bond acceptors (Lipinski definition) is 4. The van der Waals surface area contributed by atoms with E-state index in [0.717, 1.165) is 26.8 Å². The van der Waals surface area contributed by atoms with Crippen LogP contribution in [-0.4, -0.2) is 33.6 Å². The Kier molecular flexibility index (Phi) is 10.3. The Labute approximate surface area is 183 Å². The predicted octanol–water partition coefficient (Wildman–Crippen LogP) is 5.62. The van der Waals surface area contributed by atoms with Crippen LogP contribution in [-0.2, 0) is 6.42 Å². The largest absolute Gasteiger partial charge is 0.393 e. The van der Waals surface area contributed by atoms with E-state index < -0.39 is 18.3 Å². The average molecular weight is 522 g/mol. The van der Waals surface area contributed by atoms with Gasteiger partial charge in [-0.2, -0.15) is 0 Å². The van der Waals surface area contributed by atoms with E-state index in [4.69, 9.17) is 0 Å². The molecule has 3 N–H and O–H groups in total.